The SMILES string of the molecule is CC=CC1C(Cl)CC(C(=O)[O-])CC1Cl.CC=CC1C(Cl)CC(C(=O)[O-])CC1Cl.[Ca+2]. The average Bonchev–Trinajstić information content (AvgIpc) is 2.61. The first-order chi connectivity index (χ1) is 13.1. The molecule has 4 nitrogen and oxygen atoms in total. The number of hydrogen-bond acceptors (Lipinski definition) is 4. The van der Waals surface area contributed by atoms with E-state index in [1.807, 2.05) is 38.2 Å². The summed E-state index contributed by atoms with van der Waals surface area (Å²) in [6.07, 6.45) is 9.47. The first-order valence-corrected chi connectivity index (χ1v) is 11.1. The molecule has 2 aliphatic carbocycles. The van der Waals surface area contributed by atoms with Crippen molar-refractivity contribution in [2.24, 2.45) is 23.7 Å². The van der Waals surface area contributed by atoms with Crippen LogP contribution >= 0.6 is 46.4 Å². The Morgan fingerprint density at radius 1 is 0.690 bits per heavy atom. The van der Waals surface area contributed by atoms with Gasteiger partial charge in [0.15, 0.2) is 0 Å². The minimum absolute atomic E-state index is 0. The van der Waals surface area contributed by atoms with Crippen LogP contribution in [0.4, 0.5) is 0 Å². The molecule has 0 bridgehead atoms. The van der Waals surface area contributed by atoms with Gasteiger partial charge in [0.25, 0.3) is 0 Å². The molecule has 4 atom stereocenters. The van der Waals surface area contributed by atoms with Crippen LogP contribution in [-0.2, 0) is 9.59 Å². The van der Waals surface area contributed by atoms with E-state index in [0.717, 1.165) is 0 Å². The van der Waals surface area contributed by atoms with E-state index in [9.17, 15) is 19.8 Å². The van der Waals surface area contributed by atoms with Crippen molar-refractivity contribution in [2.45, 2.75) is 61.0 Å². The van der Waals surface area contributed by atoms with Crippen molar-refractivity contribution in [2.75, 3.05) is 0 Å². The molecule has 9 heteroatoms. The fraction of sp³-hybridized carbons (Fsp3) is 0.700. The summed E-state index contributed by atoms with van der Waals surface area (Å²) in [5.74, 6) is -2.94. The van der Waals surface area contributed by atoms with E-state index < -0.39 is 23.8 Å². The van der Waals surface area contributed by atoms with Crippen LogP contribution in [0.3, 0.4) is 0 Å². The molecule has 0 aromatic heterocycles. The van der Waals surface area contributed by atoms with Crippen LogP contribution in [0.2, 0.25) is 0 Å². The third-order valence-electron chi connectivity index (χ3n) is 5.21. The number of hydrogen-bond donors (Lipinski definition) is 0. The Hall–Kier alpha value is 0.840. The van der Waals surface area contributed by atoms with Crippen molar-refractivity contribution in [3.8, 4) is 0 Å². The molecule has 2 rings (SSSR count). The van der Waals surface area contributed by atoms with Gasteiger partial charge in [-0.3, -0.25) is 0 Å². The predicted octanol–water partition coefficient (Wildman–Crippen LogP) is 2.73. The Labute approximate surface area is 223 Å². The van der Waals surface area contributed by atoms with Crippen molar-refractivity contribution in [1.82, 2.24) is 0 Å². The fourth-order valence-corrected chi connectivity index (χ4v) is 5.72. The normalized spacial score (nSPS) is 37.4. The Kier molecular flexibility index (Phi) is 15.2. The summed E-state index contributed by atoms with van der Waals surface area (Å²) in [6.45, 7) is 3.80. The van der Waals surface area contributed by atoms with Gasteiger partial charge in [0.2, 0.25) is 0 Å². The standard InChI is InChI=1S/2C10H14Cl2O2.Ca/c2*1-2-3-7-8(11)4-6(10(13)14)5-9(7)12;/h2*2-3,6-9H,4-5H2,1H3,(H,13,14);/q;;+2/p-2. The summed E-state index contributed by atoms with van der Waals surface area (Å²) >= 11 is 24.3. The van der Waals surface area contributed by atoms with Crippen molar-refractivity contribution in [3.05, 3.63) is 24.3 Å². The number of carbonyl (C=O) groups is 2. The van der Waals surface area contributed by atoms with Gasteiger partial charge < -0.3 is 19.8 Å². The molecule has 0 aliphatic heterocycles. The van der Waals surface area contributed by atoms with Gasteiger partial charge in [-0.15, -0.1) is 46.4 Å². The third-order valence-corrected chi connectivity index (χ3v) is 7.08. The van der Waals surface area contributed by atoms with E-state index in [2.05, 4.69) is 0 Å². The van der Waals surface area contributed by atoms with E-state index in [1.54, 1.807) is 0 Å². The molecule has 2 fully saturated rings. The van der Waals surface area contributed by atoms with E-state index in [1.165, 1.54) is 0 Å². The molecule has 0 amide bonds. The van der Waals surface area contributed by atoms with Gasteiger partial charge in [-0.2, -0.15) is 0 Å². The zero-order chi connectivity index (χ0) is 21.4. The summed E-state index contributed by atoms with van der Waals surface area (Å²) < 4.78 is 0. The number of carboxylic acids is 2. The first-order valence-electron chi connectivity index (χ1n) is 9.35. The van der Waals surface area contributed by atoms with Gasteiger partial charge in [0, 0.05) is 57.1 Å². The minimum Gasteiger partial charge on any atom is -0.550 e. The largest absolute Gasteiger partial charge is 2.00 e. The maximum atomic E-state index is 10.7. The zero-order valence-electron chi connectivity index (χ0n) is 16.6. The number of allylic oxidation sites excluding steroid dienone is 4. The van der Waals surface area contributed by atoms with Gasteiger partial charge in [-0.1, -0.05) is 24.3 Å². The Morgan fingerprint density at radius 3 is 1.10 bits per heavy atom. The Balaban J connectivity index is 0.000000523. The fourth-order valence-electron chi connectivity index (χ4n) is 3.67. The number of aliphatic carboxylic acids is 2. The molecule has 0 heterocycles. The number of carbonyl (C=O) groups excluding carboxylic acids is 2. The molecule has 29 heavy (non-hydrogen) atoms. The van der Waals surface area contributed by atoms with Gasteiger partial charge in [0.05, 0.1) is 0 Å². The molecule has 160 valence electrons. The smallest absolute Gasteiger partial charge is 0.550 e. The van der Waals surface area contributed by atoms with E-state index in [-0.39, 0.29) is 71.1 Å². The molecule has 0 aromatic rings. The molecule has 2 saturated carbocycles. The maximum Gasteiger partial charge on any atom is 2.00 e. The van der Waals surface area contributed by atoms with Crippen molar-refractivity contribution < 1.29 is 19.8 Å². The van der Waals surface area contributed by atoms with Crippen LogP contribution in [0, 0.1) is 23.7 Å². The summed E-state index contributed by atoms with van der Waals surface area (Å²) in [7, 11) is 0. The van der Waals surface area contributed by atoms with Crippen molar-refractivity contribution in [1.29, 1.82) is 0 Å². The Bertz CT molecular complexity index is 513. The maximum absolute atomic E-state index is 10.7. The van der Waals surface area contributed by atoms with E-state index in [4.69, 9.17) is 46.4 Å². The molecule has 0 spiro atoms. The monoisotopic (exact) mass is 510 g/mol. The average molecular weight is 512 g/mol. The molecule has 0 radical (unpaired) electrons. The molecule has 0 aromatic carbocycles. The quantitative estimate of drug-likeness (QED) is 0.330. The summed E-state index contributed by atoms with van der Waals surface area (Å²) in [5.41, 5.74) is 0. The molecule has 0 N–H and O–H groups in total. The number of halogens is 4. The second-order valence-corrected chi connectivity index (χ2v) is 9.49. The first kappa shape index (κ1) is 29.8. The van der Waals surface area contributed by atoms with Crippen LogP contribution in [-0.4, -0.2) is 71.2 Å². The van der Waals surface area contributed by atoms with Gasteiger partial charge in [-0.25, -0.2) is 0 Å². The predicted molar refractivity (Wildman–Crippen MR) is 116 cm³/mol. The van der Waals surface area contributed by atoms with Crippen LogP contribution in [0.25, 0.3) is 0 Å². The van der Waals surface area contributed by atoms with Crippen molar-refractivity contribution in [3.63, 3.8) is 0 Å². The number of alkyl halides is 4. The van der Waals surface area contributed by atoms with Crippen LogP contribution in [0.15, 0.2) is 24.3 Å². The summed E-state index contributed by atoms with van der Waals surface area (Å²) in [6, 6.07) is 0. The topological polar surface area (TPSA) is 80.3 Å². The number of rotatable bonds is 4. The molecular formula is C20H26CaCl4O4. The molecule has 4 unspecified atom stereocenters. The third kappa shape index (κ3) is 9.47. The van der Waals surface area contributed by atoms with Gasteiger partial charge in [0.1, 0.15) is 0 Å². The second-order valence-electron chi connectivity index (χ2n) is 7.24. The molecule has 2 aliphatic rings. The Morgan fingerprint density at radius 2 is 0.931 bits per heavy atom. The van der Waals surface area contributed by atoms with Gasteiger partial charge >= 0.3 is 37.7 Å². The molecule has 0 saturated heterocycles. The van der Waals surface area contributed by atoms with Crippen LogP contribution < -0.4 is 10.2 Å². The van der Waals surface area contributed by atoms with E-state index >= 15 is 0 Å². The number of carboxylic acid groups (broad SMARTS) is 2. The summed E-state index contributed by atoms with van der Waals surface area (Å²) in [5, 5.41) is 20.5. The minimum atomic E-state index is -1.04. The second kappa shape index (κ2) is 14.8. The van der Waals surface area contributed by atoms with Crippen LogP contribution in [0.5, 0.6) is 0 Å². The molecular weight excluding hydrogens is 486 g/mol. The zero-order valence-corrected chi connectivity index (χ0v) is 21.8. The van der Waals surface area contributed by atoms with Gasteiger partial charge in [-0.05, 0) is 39.5 Å². The van der Waals surface area contributed by atoms with E-state index in [0.29, 0.717) is 25.7 Å². The van der Waals surface area contributed by atoms with Crippen molar-refractivity contribution >= 4 is 96.1 Å². The van der Waals surface area contributed by atoms with Crippen LogP contribution in [0.1, 0.15) is 39.5 Å². The summed E-state index contributed by atoms with van der Waals surface area (Å²) in [4.78, 5) is 21.3.